The van der Waals surface area contributed by atoms with Crippen LogP contribution in [0.1, 0.15) is 40.0 Å². The largest absolute Gasteiger partial charge is 0.381 e. The summed E-state index contributed by atoms with van der Waals surface area (Å²) in [5.41, 5.74) is 1.10. The highest BCUT2D eigenvalue weighted by Crippen LogP contribution is 2.20. The van der Waals surface area contributed by atoms with Crippen LogP contribution in [0, 0.1) is 5.92 Å². The van der Waals surface area contributed by atoms with Crippen LogP contribution >= 0.6 is 0 Å². The zero-order valence-electron chi connectivity index (χ0n) is 9.75. The van der Waals surface area contributed by atoms with Gasteiger partial charge in [-0.3, -0.25) is 4.79 Å². The summed E-state index contributed by atoms with van der Waals surface area (Å²) in [5, 5.41) is 0. The number of hydrogen-bond donors (Lipinski definition) is 0. The quantitative estimate of drug-likeness (QED) is 0.464. The van der Waals surface area contributed by atoms with E-state index in [9.17, 15) is 4.79 Å². The molecule has 2 nitrogen and oxygen atoms in total. The van der Waals surface area contributed by atoms with E-state index in [0.717, 1.165) is 18.3 Å². The van der Waals surface area contributed by atoms with Crippen LogP contribution in [0.5, 0.6) is 0 Å². The number of unbranched alkanes of at least 4 members (excludes halogenated alkanes) is 1. The maximum absolute atomic E-state index is 10.3. The number of carbonyl (C=O) groups is 1. The maximum Gasteiger partial charge on any atom is 0.142 e. The van der Waals surface area contributed by atoms with Gasteiger partial charge >= 0.3 is 0 Å². The number of rotatable bonds is 7. The lowest BCUT2D eigenvalue weighted by molar-refractivity contribution is -0.104. The van der Waals surface area contributed by atoms with Crippen LogP contribution < -0.4 is 0 Å². The predicted octanol–water partition coefficient (Wildman–Crippen LogP) is 2.97. The molecular weight excluding hydrogens is 176 g/mol. The van der Waals surface area contributed by atoms with Crippen molar-refractivity contribution in [2.24, 2.45) is 5.92 Å². The van der Waals surface area contributed by atoms with Gasteiger partial charge in [0.05, 0.1) is 6.10 Å². The van der Waals surface area contributed by atoms with Gasteiger partial charge in [0.25, 0.3) is 0 Å². The van der Waals surface area contributed by atoms with Crippen molar-refractivity contribution in [3.8, 4) is 0 Å². The van der Waals surface area contributed by atoms with Crippen LogP contribution in [0.25, 0.3) is 0 Å². The second-order valence-corrected chi connectivity index (χ2v) is 3.75. The van der Waals surface area contributed by atoms with Gasteiger partial charge in [0, 0.05) is 13.0 Å². The molecule has 0 aliphatic carbocycles. The highest BCUT2D eigenvalue weighted by atomic mass is 16.5. The zero-order valence-corrected chi connectivity index (χ0v) is 9.75. The SMILES string of the molecule is CCCCC(OC)C(C)C(C)=CC=O. The van der Waals surface area contributed by atoms with E-state index in [2.05, 4.69) is 13.8 Å². The zero-order chi connectivity index (χ0) is 11.0. The van der Waals surface area contributed by atoms with Crippen LogP contribution in [-0.2, 0) is 9.53 Å². The number of carbonyl (C=O) groups excluding carboxylic acids is 1. The molecule has 0 spiro atoms. The Balaban J connectivity index is 4.21. The Kier molecular flexibility index (Phi) is 7.40. The molecule has 0 N–H and O–H groups in total. The molecule has 2 unspecified atom stereocenters. The summed E-state index contributed by atoms with van der Waals surface area (Å²) in [4.78, 5) is 10.3. The molecule has 2 atom stereocenters. The molecule has 82 valence electrons. The molecule has 0 fully saturated rings. The minimum absolute atomic E-state index is 0.242. The smallest absolute Gasteiger partial charge is 0.142 e. The molecule has 2 heteroatoms. The average molecular weight is 198 g/mol. The highest BCUT2D eigenvalue weighted by molar-refractivity contribution is 5.66. The molecule has 0 saturated heterocycles. The van der Waals surface area contributed by atoms with Crippen molar-refractivity contribution < 1.29 is 9.53 Å². The predicted molar refractivity (Wildman–Crippen MR) is 59.3 cm³/mol. The van der Waals surface area contributed by atoms with E-state index >= 15 is 0 Å². The number of hydrogen-bond acceptors (Lipinski definition) is 2. The molecule has 0 bridgehead atoms. The van der Waals surface area contributed by atoms with Gasteiger partial charge in [0.2, 0.25) is 0 Å². The monoisotopic (exact) mass is 198 g/mol. The first-order valence-corrected chi connectivity index (χ1v) is 5.32. The van der Waals surface area contributed by atoms with E-state index in [0.29, 0.717) is 5.92 Å². The Morgan fingerprint density at radius 3 is 2.57 bits per heavy atom. The molecule has 0 rings (SSSR count). The summed E-state index contributed by atoms with van der Waals surface area (Å²) < 4.78 is 5.42. The number of ether oxygens (including phenoxy) is 1. The molecule has 0 amide bonds. The van der Waals surface area contributed by atoms with Crippen molar-refractivity contribution in [3.63, 3.8) is 0 Å². The molecule has 0 aromatic heterocycles. The van der Waals surface area contributed by atoms with Crippen molar-refractivity contribution in [1.82, 2.24) is 0 Å². The first-order valence-electron chi connectivity index (χ1n) is 5.32. The molecule has 14 heavy (non-hydrogen) atoms. The minimum atomic E-state index is 0.242. The Labute approximate surface area is 87.3 Å². The molecule has 0 radical (unpaired) electrons. The first kappa shape index (κ1) is 13.4. The van der Waals surface area contributed by atoms with Crippen LogP contribution in [-0.4, -0.2) is 19.5 Å². The van der Waals surface area contributed by atoms with E-state index in [1.54, 1.807) is 13.2 Å². The van der Waals surface area contributed by atoms with Gasteiger partial charge in [0.1, 0.15) is 6.29 Å². The summed E-state index contributed by atoms with van der Waals surface area (Å²) in [5.74, 6) is 0.330. The highest BCUT2D eigenvalue weighted by Gasteiger charge is 2.17. The summed E-state index contributed by atoms with van der Waals surface area (Å²) in [6, 6.07) is 0. The van der Waals surface area contributed by atoms with E-state index in [1.807, 2.05) is 6.92 Å². The second kappa shape index (κ2) is 7.74. The maximum atomic E-state index is 10.3. The minimum Gasteiger partial charge on any atom is -0.381 e. The van der Waals surface area contributed by atoms with Gasteiger partial charge in [-0.15, -0.1) is 0 Å². The Morgan fingerprint density at radius 2 is 2.14 bits per heavy atom. The van der Waals surface area contributed by atoms with Crippen molar-refractivity contribution in [2.45, 2.75) is 46.1 Å². The van der Waals surface area contributed by atoms with Gasteiger partial charge in [0.15, 0.2) is 0 Å². The van der Waals surface area contributed by atoms with Crippen molar-refractivity contribution >= 4 is 6.29 Å². The third-order valence-electron chi connectivity index (χ3n) is 2.75. The van der Waals surface area contributed by atoms with Gasteiger partial charge in [-0.2, -0.15) is 0 Å². The van der Waals surface area contributed by atoms with Crippen molar-refractivity contribution in [2.75, 3.05) is 7.11 Å². The molecule has 0 aromatic carbocycles. The van der Waals surface area contributed by atoms with E-state index in [1.165, 1.54) is 12.8 Å². The Hall–Kier alpha value is -0.630. The first-order chi connectivity index (χ1) is 6.67. The Bertz CT molecular complexity index is 185. The summed E-state index contributed by atoms with van der Waals surface area (Å²) >= 11 is 0. The lowest BCUT2D eigenvalue weighted by Gasteiger charge is -2.23. The van der Waals surface area contributed by atoms with Crippen LogP contribution in [0.2, 0.25) is 0 Å². The number of aldehydes is 1. The van der Waals surface area contributed by atoms with Gasteiger partial charge in [-0.05, 0) is 19.4 Å². The normalized spacial score (nSPS) is 16.4. The topological polar surface area (TPSA) is 26.3 Å². The summed E-state index contributed by atoms with van der Waals surface area (Å²) in [7, 11) is 1.74. The molecule has 0 aliphatic heterocycles. The molecule has 0 heterocycles. The fraction of sp³-hybridized carbons (Fsp3) is 0.750. The number of allylic oxidation sites excluding steroid dienone is 1. The molecular formula is C12H22O2. The molecule has 0 saturated carbocycles. The lowest BCUT2D eigenvalue weighted by Crippen LogP contribution is -2.21. The standard InChI is InChI=1S/C12H22O2/c1-5-6-7-12(14-4)11(3)10(2)8-9-13/h8-9,11-12H,5-7H2,1-4H3. The van der Waals surface area contributed by atoms with Crippen LogP contribution in [0.3, 0.4) is 0 Å². The van der Waals surface area contributed by atoms with Gasteiger partial charge in [-0.25, -0.2) is 0 Å². The average Bonchev–Trinajstić information content (AvgIpc) is 2.19. The molecule has 0 aromatic rings. The van der Waals surface area contributed by atoms with E-state index in [4.69, 9.17) is 4.74 Å². The summed E-state index contributed by atoms with van der Waals surface area (Å²) in [6.07, 6.45) is 6.14. The Morgan fingerprint density at radius 1 is 1.50 bits per heavy atom. The van der Waals surface area contributed by atoms with E-state index in [-0.39, 0.29) is 6.10 Å². The fourth-order valence-corrected chi connectivity index (χ4v) is 1.53. The third kappa shape index (κ3) is 4.56. The van der Waals surface area contributed by atoms with E-state index < -0.39 is 0 Å². The molecule has 0 aliphatic rings. The third-order valence-corrected chi connectivity index (χ3v) is 2.75. The van der Waals surface area contributed by atoms with Crippen molar-refractivity contribution in [3.05, 3.63) is 11.6 Å². The summed E-state index contributed by atoms with van der Waals surface area (Å²) in [6.45, 7) is 6.27. The number of methoxy groups -OCH3 is 1. The van der Waals surface area contributed by atoms with Gasteiger partial charge in [-0.1, -0.05) is 32.3 Å². The van der Waals surface area contributed by atoms with Crippen LogP contribution in [0.4, 0.5) is 0 Å². The van der Waals surface area contributed by atoms with Crippen LogP contribution in [0.15, 0.2) is 11.6 Å². The van der Waals surface area contributed by atoms with Crippen molar-refractivity contribution in [1.29, 1.82) is 0 Å². The van der Waals surface area contributed by atoms with Gasteiger partial charge < -0.3 is 4.74 Å². The lowest BCUT2D eigenvalue weighted by atomic mass is 9.92. The fourth-order valence-electron chi connectivity index (χ4n) is 1.53. The second-order valence-electron chi connectivity index (χ2n) is 3.75.